The minimum absolute atomic E-state index is 0.0367. The Morgan fingerprint density at radius 1 is 1.57 bits per heavy atom. The van der Waals surface area contributed by atoms with Gasteiger partial charge in [-0.15, -0.1) is 0 Å². The van der Waals surface area contributed by atoms with Crippen LogP contribution in [0.15, 0.2) is 18.3 Å². The quantitative estimate of drug-likeness (QED) is 0.796. The Morgan fingerprint density at radius 3 is 2.86 bits per heavy atom. The van der Waals surface area contributed by atoms with Crippen molar-refractivity contribution in [1.29, 1.82) is 0 Å². The largest absolute Gasteiger partial charge is 0.481 e. The lowest BCUT2D eigenvalue weighted by Gasteiger charge is -1.99. The summed E-state index contributed by atoms with van der Waals surface area (Å²) in [7, 11) is 0. The van der Waals surface area contributed by atoms with E-state index in [2.05, 4.69) is 4.98 Å². The summed E-state index contributed by atoms with van der Waals surface area (Å²) < 4.78 is 0. The molecule has 0 radical (unpaired) electrons. The first-order chi connectivity index (χ1) is 6.59. The van der Waals surface area contributed by atoms with Crippen molar-refractivity contribution in [2.75, 3.05) is 0 Å². The monoisotopic (exact) mass is 191 g/mol. The van der Waals surface area contributed by atoms with Crippen LogP contribution in [0.2, 0.25) is 0 Å². The van der Waals surface area contributed by atoms with Gasteiger partial charge in [-0.05, 0) is 31.1 Å². The fraction of sp³-hybridized carbons (Fsp3) is 0.273. The van der Waals surface area contributed by atoms with E-state index in [-0.39, 0.29) is 6.42 Å². The van der Waals surface area contributed by atoms with Crippen molar-refractivity contribution in [3.8, 4) is 0 Å². The number of aliphatic carboxylic acids is 1. The number of rotatable bonds is 3. The Balaban J connectivity index is 2.76. The number of pyridine rings is 1. The van der Waals surface area contributed by atoms with Crippen LogP contribution in [-0.4, -0.2) is 16.1 Å². The van der Waals surface area contributed by atoms with Gasteiger partial charge in [-0.1, -0.05) is 12.1 Å². The minimum atomic E-state index is -0.828. The number of carboxylic acid groups (broad SMARTS) is 1. The third-order valence-corrected chi connectivity index (χ3v) is 1.82. The lowest BCUT2D eigenvalue weighted by atomic mass is 10.1. The Bertz CT molecular complexity index is 370. The van der Waals surface area contributed by atoms with Crippen molar-refractivity contribution in [2.45, 2.75) is 20.3 Å². The molecule has 0 fully saturated rings. The number of carbonyl (C=O) groups is 1. The zero-order chi connectivity index (χ0) is 10.6. The van der Waals surface area contributed by atoms with Gasteiger partial charge in [-0.2, -0.15) is 0 Å². The molecule has 1 heterocycles. The summed E-state index contributed by atoms with van der Waals surface area (Å²) in [5, 5.41) is 8.43. The Hall–Kier alpha value is -1.64. The minimum Gasteiger partial charge on any atom is -0.481 e. The van der Waals surface area contributed by atoms with Gasteiger partial charge in [-0.25, -0.2) is 0 Å². The van der Waals surface area contributed by atoms with Crippen LogP contribution < -0.4 is 0 Å². The molecule has 0 saturated heterocycles. The standard InChI is InChI=1S/C11H13NO2/c1-8-6-9(2)10(12-7-8)4-3-5-11(13)14/h3-4,6-7H,5H2,1-2H3,(H,13,14). The summed E-state index contributed by atoms with van der Waals surface area (Å²) in [4.78, 5) is 14.5. The summed E-state index contributed by atoms with van der Waals surface area (Å²) in [6, 6.07) is 2.02. The molecular formula is C11H13NO2. The summed E-state index contributed by atoms with van der Waals surface area (Å²) >= 11 is 0. The second kappa shape index (κ2) is 4.56. The van der Waals surface area contributed by atoms with Crippen LogP contribution in [0.1, 0.15) is 23.2 Å². The van der Waals surface area contributed by atoms with Crippen molar-refractivity contribution >= 4 is 12.0 Å². The molecular weight excluding hydrogens is 178 g/mol. The van der Waals surface area contributed by atoms with Crippen molar-refractivity contribution < 1.29 is 9.90 Å². The first kappa shape index (κ1) is 10.4. The average Bonchev–Trinajstić information content (AvgIpc) is 2.08. The van der Waals surface area contributed by atoms with E-state index in [9.17, 15) is 4.79 Å². The van der Waals surface area contributed by atoms with Gasteiger partial charge in [0.2, 0.25) is 0 Å². The first-order valence-electron chi connectivity index (χ1n) is 4.41. The van der Waals surface area contributed by atoms with Crippen molar-refractivity contribution in [3.63, 3.8) is 0 Å². The number of aryl methyl sites for hydroxylation is 2. The Kier molecular flexibility index (Phi) is 3.40. The van der Waals surface area contributed by atoms with E-state index in [1.54, 1.807) is 18.3 Å². The molecule has 1 aromatic heterocycles. The third kappa shape index (κ3) is 3.01. The predicted octanol–water partition coefficient (Wildman–Crippen LogP) is 2.19. The second-order valence-electron chi connectivity index (χ2n) is 3.22. The molecule has 0 aliphatic rings. The molecule has 74 valence electrons. The first-order valence-corrected chi connectivity index (χ1v) is 4.41. The number of hydrogen-bond donors (Lipinski definition) is 1. The molecule has 0 aliphatic carbocycles. The lowest BCUT2D eigenvalue weighted by molar-refractivity contribution is -0.135. The molecule has 1 rings (SSSR count). The van der Waals surface area contributed by atoms with Gasteiger partial charge in [0, 0.05) is 6.20 Å². The number of nitrogens with zero attached hydrogens (tertiary/aromatic N) is 1. The van der Waals surface area contributed by atoms with Crippen LogP contribution in [0.3, 0.4) is 0 Å². The maximum absolute atomic E-state index is 10.3. The summed E-state index contributed by atoms with van der Waals surface area (Å²) in [5.41, 5.74) is 3.00. The highest BCUT2D eigenvalue weighted by Crippen LogP contribution is 2.08. The highest BCUT2D eigenvalue weighted by Gasteiger charge is 1.96. The molecule has 0 aliphatic heterocycles. The molecule has 0 saturated carbocycles. The van der Waals surface area contributed by atoms with Gasteiger partial charge in [0.25, 0.3) is 0 Å². The zero-order valence-corrected chi connectivity index (χ0v) is 8.32. The zero-order valence-electron chi connectivity index (χ0n) is 8.32. The number of carboxylic acids is 1. The van der Waals surface area contributed by atoms with E-state index in [0.29, 0.717) is 0 Å². The maximum Gasteiger partial charge on any atom is 0.307 e. The normalized spacial score (nSPS) is 10.7. The molecule has 14 heavy (non-hydrogen) atoms. The summed E-state index contributed by atoms with van der Waals surface area (Å²) in [6.07, 6.45) is 5.15. The highest BCUT2D eigenvalue weighted by atomic mass is 16.4. The molecule has 0 atom stereocenters. The Morgan fingerprint density at radius 2 is 2.29 bits per heavy atom. The second-order valence-corrected chi connectivity index (χ2v) is 3.22. The molecule has 0 aromatic carbocycles. The van der Waals surface area contributed by atoms with Gasteiger partial charge in [0.15, 0.2) is 0 Å². The van der Waals surface area contributed by atoms with Crippen LogP contribution in [0.4, 0.5) is 0 Å². The molecule has 0 amide bonds. The average molecular weight is 191 g/mol. The smallest absolute Gasteiger partial charge is 0.307 e. The SMILES string of the molecule is Cc1cnc(C=CCC(=O)O)c(C)c1. The van der Waals surface area contributed by atoms with Crippen molar-refractivity contribution in [2.24, 2.45) is 0 Å². The summed E-state index contributed by atoms with van der Waals surface area (Å²) in [5.74, 6) is -0.828. The molecule has 1 aromatic rings. The van der Waals surface area contributed by atoms with Gasteiger partial charge in [0.05, 0.1) is 12.1 Å². The fourth-order valence-electron chi connectivity index (χ4n) is 1.17. The van der Waals surface area contributed by atoms with E-state index in [1.807, 2.05) is 19.9 Å². The number of hydrogen-bond acceptors (Lipinski definition) is 2. The molecule has 0 unspecified atom stereocenters. The molecule has 3 heteroatoms. The van der Waals surface area contributed by atoms with Crippen molar-refractivity contribution in [1.82, 2.24) is 4.98 Å². The van der Waals surface area contributed by atoms with E-state index >= 15 is 0 Å². The predicted molar refractivity (Wildman–Crippen MR) is 55.0 cm³/mol. The van der Waals surface area contributed by atoms with E-state index in [0.717, 1.165) is 16.8 Å². The Labute approximate surface area is 83.1 Å². The van der Waals surface area contributed by atoms with Gasteiger partial charge >= 0.3 is 5.97 Å². The van der Waals surface area contributed by atoms with Gasteiger partial charge in [-0.3, -0.25) is 9.78 Å². The summed E-state index contributed by atoms with van der Waals surface area (Å²) in [6.45, 7) is 3.94. The lowest BCUT2D eigenvalue weighted by Crippen LogP contribution is -1.91. The fourth-order valence-corrected chi connectivity index (χ4v) is 1.17. The van der Waals surface area contributed by atoms with Gasteiger partial charge < -0.3 is 5.11 Å². The third-order valence-electron chi connectivity index (χ3n) is 1.82. The van der Waals surface area contributed by atoms with Crippen LogP contribution in [-0.2, 0) is 4.79 Å². The number of aromatic nitrogens is 1. The van der Waals surface area contributed by atoms with Crippen LogP contribution in [0, 0.1) is 13.8 Å². The molecule has 0 spiro atoms. The molecule has 1 N–H and O–H groups in total. The van der Waals surface area contributed by atoms with E-state index in [1.165, 1.54) is 0 Å². The topological polar surface area (TPSA) is 50.2 Å². The molecule has 0 bridgehead atoms. The highest BCUT2D eigenvalue weighted by molar-refractivity contribution is 5.70. The molecule has 3 nitrogen and oxygen atoms in total. The van der Waals surface area contributed by atoms with Crippen LogP contribution in [0.25, 0.3) is 6.08 Å². The van der Waals surface area contributed by atoms with E-state index in [4.69, 9.17) is 5.11 Å². The van der Waals surface area contributed by atoms with Crippen molar-refractivity contribution in [3.05, 3.63) is 35.2 Å². The van der Waals surface area contributed by atoms with Crippen LogP contribution >= 0.6 is 0 Å². The van der Waals surface area contributed by atoms with Crippen LogP contribution in [0.5, 0.6) is 0 Å². The van der Waals surface area contributed by atoms with Gasteiger partial charge in [0.1, 0.15) is 0 Å². The van der Waals surface area contributed by atoms with E-state index < -0.39 is 5.97 Å². The maximum atomic E-state index is 10.3.